The van der Waals surface area contributed by atoms with Gasteiger partial charge in [-0.15, -0.1) is 0 Å². The van der Waals surface area contributed by atoms with E-state index < -0.39 is 6.10 Å². The third-order valence-corrected chi connectivity index (χ3v) is 5.30. The number of rotatable bonds is 8. The van der Waals surface area contributed by atoms with Gasteiger partial charge in [0.05, 0.1) is 14.2 Å². The van der Waals surface area contributed by atoms with E-state index in [0.717, 1.165) is 5.56 Å². The van der Waals surface area contributed by atoms with Crippen LogP contribution in [0, 0.1) is 0 Å². The molecule has 0 saturated carbocycles. The number of hydrogen-bond donors (Lipinski definition) is 1. The Hall–Kier alpha value is -4.07. The van der Waals surface area contributed by atoms with Crippen LogP contribution in [0.3, 0.4) is 0 Å². The standard InChI is InChI=1S/C25H25N3O5/c1-31-19-13-12-18(16-21(19)32-2)27-22(29)11-7-15-28-24-20(10-6-14-26-24)33-23(25(28)30)17-8-4-3-5-9-17/h3-6,8-10,12-14,16,23H,7,11,15H2,1-2H3,(H,27,29). The van der Waals surface area contributed by atoms with Crippen LogP contribution in [0.4, 0.5) is 11.5 Å². The second-order valence-electron chi connectivity index (χ2n) is 7.45. The highest BCUT2D eigenvalue weighted by molar-refractivity contribution is 5.99. The van der Waals surface area contributed by atoms with Crippen LogP contribution in [0.5, 0.6) is 17.2 Å². The summed E-state index contributed by atoms with van der Waals surface area (Å²) < 4.78 is 16.4. The number of hydrogen-bond acceptors (Lipinski definition) is 6. The molecule has 0 saturated heterocycles. The van der Waals surface area contributed by atoms with Gasteiger partial charge in [0, 0.05) is 36.5 Å². The van der Waals surface area contributed by atoms with Crippen molar-refractivity contribution < 1.29 is 23.8 Å². The second kappa shape index (κ2) is 10.0. The van der Waals surface area contributed by atoms with Crippen molar-refractivity contribution in [1.29, 1.82) is 0 Å². The zero-order chi connectivity index (χ0) is 23.2. The van der Waals surface area contributed by atoms with Gasteiger partial charge in [-0.2, -0.15) is 0 Å². The van der Waals surface area contributed by atoms with E-state index in [1.165, 1.54) is 7.11 Å². The van der Waals surface area contributed by atoms with Crippen molar-refractivity contribution in [2.45, 2.75) is 18.9 Å². The number of amides is 2. The SMILES string of the molecule is COc1ccc(NC(=O)CCCN2C(=O)C(c3ccccc3)Oc3cccnc32)cc1OC. The van der Waals surface area contributed by atoms with Crippen LogP contribution in [-0.4, -0.2) is 37.6 Å². The van der Waals surface area contributed by atoms with Gasteiger partial charge in [0.25, 0.3) is 5.91 Å². The molecule has 2 amide bonds. The Bertz CT molecular complexity index is 1140. The fraction of sp³-hybridized carbons (Fsp3) is 0.240. The summed E-state index contributed by atoms with van der Waals surface area (Å²) in [7, 11) is 3.09. The van der Waals surface area contributed by atoms with Crippen molar-refractivity contribution in [3.63, 3.8) is 0 Å². The molecule has 0 fully saturated rings. The number of carbonyl (C=O) groups is 2. The predicted molar refractivity (Wildman–Crippen MR) is 124 cm³/mol. The minimum absolute atomic E-state index is 0.163. The van der Waals surface area contributed by atoms with E-state index in [1.807, 2.05) is 30.3 Å². The molecule has 4 rings (SSSR count). The highest BCUT2D eigenvalue weighted by atomic mass is 16.5. The summed E-state index contributed by atoms with van der Waals surface area (Å²) in [5.74, 6) is 1.76. The van der Waals surface area contributed by atoms with E-state index in [0.29, 0.717) is 41.7 Å². The smallest absolute Gasteiger partial charge is 0.274 e. The normalized spacial score (nSPS) is 14.8. The molecule has 1 aliphatic rings. The molecule has 1 aliphatic heterocycles. The molecule has 0 spiro atoms. The quantitative estimate of drug-likeness (QED) is 0.562. The molecule has 0 bridgehead atoms. The lowest BCUT2D eigenvalue weighted by Crippen LogP contribution is -2.42. The number of carbonyl (C=O) groups excluding carboxylic acids is 2. The van der Waals surface area contributed by atoms with E-state index in [-0.39, 0.29) is 18.2 Å². The first-order valence-corrected chi connectivity index (χ1v) is 10.6. The molecule has 1 unspecified atom stereocenters. The highest BCUT2D eigenvalue weighted by Gasteiger charge is 2.36. The summed E-state index contributed by atoms with van der Waals surface area (Å²) in [5, 5.41) is 2.85. The van der Waals surface area contributed by atoms with Crippen molar-refractivity contribution in [2.24, 2.45) is 0 Å². The van der Waals surface area contributed by atoms with Crippen LogP contribution in [-0.2, 0) is 9.59 Å². The monoisotopic (exact) mass is 447 g/mol. The van der Waals surface area contributed by atoms with E-state index >= 15 is 0 Å². The van der Waals surface area contributed by atoms with Crippen molar-refractivity contribution in [2.75, 3.05) is 31.0 Å². The molecule has 170 valence electrons. The fourth-order valence-corrected chi connectivity index (χ4v) is 3.69. The maximum absolute atomic E-state index is 13.2. The second-order valence-corrected chi connectivity index (χ2v) is 7.45. The zero-order valence-electron chi connectivity index (χ0n) is 18.5. The van der Waals surface area contributed by atoms with Crippen molar-refractivity contribution in [3.8, 4) is 17.2 Å². The third-order valence-electron chi connectivity index (χ3n) is 5.30. The summed E-state index contributed by atoms with van der Waals surface area (Å²) in [6.45, 7) is 0.342. The van der Waals surface area contributed by atoms with Gasteiger partial charge < -0.3 is 19.5 Å². The van der Waals surface area contributed by atoms with Crippen LogP contribution < -0.4 is 24.4 Å². The average molecular weight is 447 g/mol. The minimum atomic E-state index is -0.747. The van der Waals surface area contributed by atoms with Gasteiger partial charge in [-0.25, -0.2) is 4.98 Å². The van der Waals surface area contributed by atoms with Crippen LogP contribution >= 0.6 is 0 Å². The summed E-state index contributed by atoms with van der Waals surface area (Å²) in [4.78, 5) is 31.6. The average Bonchev–Trinajstić information content (AvgIpc) is 2.85. The first-order valence-electron chi connectivity index (χ1n) is 10.6. The van der Waals surface area contributed by atoms with Gasteiger partial charge in [0.1, 0.15) is 0 Å². The molecule has 2 aromatic carbocycles. The number of aromatic nitrogens is 1. The topological polar surface area (TPSA) is 90.0 Å². The maximum atomic E-state index is 13.2. The molecule has 0 radical (unpaired) electrons. The Morgan fingerprint density at radius 2 is 1.85 bits per heavy atom. The van der Waals surface area contributed by atoms with Crippen LogP contribution in [0.2, 0.25) is 0 Å². The molecule has 8 nitrogen and oxygen atoms in total. The minimum Gasteiger partial charge on any atom is -0.493 e. The number of methoxy groups -OCH3 is 2. The first-order chi connectivity index (χ1) is 16.1. The molecule has 0 aliphatic carbocycles. The number of anilines is 2. The third kappa shape index (κ3) is 4.90. The first kappa shape index (κ1) is 22.1. The van der Waals surface area contributed by atoms with Gasteiger partial charge in [0.15, 0.2) is 23.1 Å². The lowest BCUT2D eigenvalue weighted by molar-refractivity contribution is -0.127. The summed E-state index contributed by atoms with van der Waals surface area (Å²) >= 11 is 0. The number of nitrogens with one attached hydrogen (secondary N) is 1. The Kier molecular flexibility index (Phi) is 6.73. The number of pyridine rings is 1. The Labute approximate surface area is 192 Å². The van der Waals surface area contributed by atoms with E-state index in [1.54, 1.807) is 48.5 Å². The zero-order valence-corrected chi connectivity index (χ0v) is 18.5. The largest absolute Gasteiger partial charge is 0.493 e. The molecular formula is C25H25N3O5. The van der Waals surface area contributed by atoms with Gasteiger partial charge in [0.2, 0.25) is 12.0 Å². The lowest BCUT2D eigenvalue weighted by Gasteiger charge is -2.33. The highest BCUT2D eigenvalue weighted by Crippen LogP contribution is 2.37. The molecule has 3 aromatic rings. The molecule has 2 heterocycles. The number of benzene rings is 2. The molecule has 1 atom stereocenters. The molecular weight excluding hydrogens is 422 g/mol. The lowest BCUT2D eigenvalue weighted by atomic mass is 10.1. The Morgan fingerprint density at radius 3 is 2.61 bits per heavy atom. The van der Waals surface area contributed by atoms with Crippen LogP contribution in [0.1, 0.15) is 24.5 Å². The molecule has 1 aromatic heterocycles. The van der Waals surface area contributed by atoms with Gasteiger partial charge in [-0.1, -0.05) is 30.3 Å². The summed E-state index contributed by atoms with van der Waals surface area (Å²) in [6.07, 6.45) is 1.57. The molecule has 33 heavy (non-hydrogen) atoms. The Morgan fingerprint density at radius 1 is 1.06 bits per heavy atom. The maximum Gasteiger partial charge on any atom is 0.274 e. The number of ether oxygens (including phenoxy) is 3. The van der Waals surface area contributed by atoms with Crippen LogP contribution in [0.15, 0.2) is 66.9 Å². The van der Waals surface area contributed by atoms with Crippen molar-refractivity contribution in [1.82, 2.24) is 4.98 Å². The number of nitrogens with zero attached hydrogens (tertiary/aromatic N) is 2. The molecule has 1 N–H and O–H groups in total. The Balaban J connectivity index is 1.42. The molecule has 8 heteroatoms. The van der Waals surface area contributed by atoms with E-state index in [9.17, 15) is 9.59 Å². The van der Waals surface area contributed by atoms with Gasteiger partial charge >= 0.3 is 0 Å². The van der Waals surface area contributed by atoms with Gasteiger partial charge in [-0.3, -0.25) is 14.5 Å². The number of fused-ring (bicyclic) bond motifs is 1. The van der Waals surface area contributed by atoms with Gasteiger partial charge in [-0.05, 0) is 30.7 Å². The van der Waals surface area contributed by atoms with Crippen LogP contribution in [0.25, 0.3) is 0 Å². The fourth-order valence-electron chi connectivity index (χ4n) is 3.69. The van der Waals surface area contributed by atoms with Crippen molar-refractivity contribution in [3.05, 3.63) is 72.4 Å². The van der Waals surface area contributed by atoms with E-state index in [2.05, 4.69) is 10.3 Å². The summed E-state index contributed by atoms with van der Waals surface area (Å²) in [5.41, 5.74) is 1.38. The summed E-state index contributed by atoms with van der Waals surface area (Å²) in [6, 6.07) is 18.1. The van der Waals surface area contributed by atoms with Crippen molar-refractivity contribution >= 4 is 23.3 Å². The predicted octanol–water partition coefficient (Wildman–Crippen LogP) is 3.98. The van der Waals surface area contributed by atoms with E-state index in [4.69, 9.17) is 14.2 Å².